The summed E-state index contributed by atoms with van der Waals surface area (Å²) in [4.78, 5) is 59.4. The van der Waals surface area contributed by atoms with Gasteiger partial charge in [-0.2, -0.15) is 0 Å². The lowest BCUT2D eigenvalue weighted by molar-refractivity contribution is -0.134. The lowest BCUT2D eigenvalue weighted by Gasteiger charge is -2.42. The van der Waals surface area contributed by atoms with Crippen LogP contribution in [0.5, 0.6) is 11.5 Å². The maximum absolute atomic E-state index is 14.5. The highest BCUT2D eigenvalue weighted by atomic mass is 35.5. The van der Waals surface area contributed by atoms with Crippen LogP contribution >= 0.6 is 11.6 Å². The average Bonchev–Trinajstić information content (AvgIpc) is 3.08. The summed E-state index contributed by atoms with van der Waals surface area (Å²) in [5, 5.41) is 38.4. The topological polar surface area (TPSA) is 235 Å². The quantitative estimate of drug-likeness (QED) is 0.166. The van der Waals surface area contributed by atoms with Gasteiger partial charge in [-0.25, -0.2) is 33.5 Å². The van der Waals surface area contributed by atoms with Crippen LogP contribution in [0.15, 0.2) is 61.0 Å². The monoisotopic (exact) mass is 716 g/mol. The third-order valence-corrected chi connectivity index (χ3v) is 7.81. The first-order chi connectivity index (χ1) is 23.7. The second-order valence-electron chi connectivity index (χ2n) is 10.8. The van der Waals surface area contributed by atoms with E-state index in [1.165, 1.54) is 12.4 Å². The molecule has 15 nitrogen and oxygen atoms in total. The molecule has 1 aliphatic carbocycles. The standard InChI is InChI=1S/C25H26ClFN4O3.2C4H4O4/c1-33-20-13-19-16(24(29-14-28-19)31-18-5-2-4-17(26)23(18)27)12-21(20)34-15-7-9-25(10-8-15)22(32)6-3-11-30-25;2*5-3(6)1-2-4(7)8/h2,4-5,12-15,30H,3,6-11H2,1H3,(H,28,29,31);2*1-2H,(H,5,6)(H,7,8)/b;2*2-1-. The molecule has 1 spiro atoms. The van der Waals surface area contributed by atoms with Gasteiger partial charge in [-0.05, 0) is 56.8 Å². The van der Waals surface area contributed by atoms with Gasteiger partial charge in [0.25, 0.3) is 0 Å². The Morgan fingerprint density at radius 3 is 2.10 bits per heavy atom. The van der Waals surface area contributed by atoms with E-state index in [1.807, 2.05) is 6.07 Å². The number of halogens is 2. The van der Waals surface area contributed by atoms with E-state index in [1.54, 1.807) is 25.3 Å². The molecule has 17 heteroatoms. The first-order valence-corrected chi connectivity index (χ1v) is 15.4. The fraction of sp³-hybridized carbons (Fsp3) is 0.303. The summed E-state index contributed by atoms with van der Waals surface area (Å²) in [6.45, 7) is 0.888. The molecule has 2 heterocycles. The highest BCUT2D eigenvalue weighted by molar-refractivity contribution is 6.31. The zero-order valence-electron chi connectivity index (χ0n) is 26.6. The Balaban J connectivity index is 0.000000352. The summed E-state index contributed by atoms with van der Waals surface area (Å²) >= 11 is 5.92. The molecule has 266 valence electrons. The number of carboxylic acids is 4. The molecule has 3 aromatic rings. The SMILES string of the molecule is COc1cc2ncnc(Nc3cccc(Cl)c3F)c2cc1OC1CCC2(CC1)NCCCC2=O.O=C(O)/C=C\C(=O)O.O=C(O)/C=C\C(=O)O. The van der Waals surface area contributed by atoms with Crippen molar-refractivity contribution >= 4 is 63.7 Å². The number of carbonyl (C=O) groups is 5. The Bertz CT molecular complexity index is 1730. The third-order valence-electron chi connectivity index (χ3n) is 7.52. The van der Waals surface area contributed by atoms with Crippen LogP contribution < -0.4 is 20.1 Å². The maximum Gasteiger partial charge on any atom is 0.328 e. The molecule has 1 saturated heterocycles. The molecule has 1 saturated carbocycles. The Hall–Kier alpha value is -5.61. The minimum Gasteiger partial charge on any atom is -0.493 e. The second kappa shape index (κ2) is 18.2. The zero-order chi connectivity index (χ0) is 36.8. The first-order valence-electron chi connectivity index (χ1n) is 15.0. The predicted octanol–water partition coefficient (Wildman–Crippen LogP) is 4.61. The molecule has 2 fully saturated rings. The van der Waals surface area contributed by atoms with Crippen molar-refractivity contribution in [3.05, 3.63) is 71.8 Å². The highest BCUT2D eigenvalue weighted by Crippen LogP contribution is 2.39. The summed E-state index contributed by atoms with van der Waals surface area (Å²) in [5.41, 5.74) is 0.453. The molecule has 2 aliphatic rings. The molecule has 0 amide bonds. The molecule has 50 heavy (non-hydrogen) atoms. The van der Waals surface area contributed by atoms with Gasteiger partial charge in [-0.15, -0.1) is 0 Å². The number of aliphatic carboxylic acids is 4. The number of fused-ring (bicyclic) bond motifs is 1. The number of hydrogen-bond donors (Lipinski definition) is 6. The smallest absolute Gasteiger partial charge is 0.328 e. The van der Waals surface area contributed by atoms with E-state index in [2.05, 4.69) is 20.6 Å². The van der Waals surface area contributed by atoms with Gasteiger partial charge in [0.2, 0.25) is 0 Å². The summed E-state index contributed by atoms with van der Waals surface area (Å²) in [6.07, 6.45) is 8.21. The number of carbonyl (C=O) groups excluding carboxylic acids is 1. The van der Waals surface area contributed by atoms with Crippen molar-refractivity contribution in [2.45, 2.75) is 50.2 Å². The Labute approximate surface area is 289 Å². The zero-order valence-corrected chi connectivity index (χ0v) is 27.4. The van der Waals surface area contributed by atoms with Gasteiger partial charge in [0.05, 0.1) is 35.0 Å². The van der Waals surface area contributed by atoms with Crippen molar-refractivity contribution < 1.29 is 58.3 Å². The molecule has 0 bridgehead atoms. The van der Waals surface area contributed by atoms with E-state index in [9.17, 15) is 28.4 Å². The first kappa shape index (κ1) is 38.8. The summed E-state index contributed by atoms with van der Waals surface area (Å²) in [5.74, 6) is -3.72. The van der Waals surface area contributed by atoms with Crippen LogP contribution in [0, 0.1) is 5.82 Å². The number of ketones is 1. The van der Waals surface area contributed by atoms with Crippen molar-refractivity contribution in [3.8, 4) is 11.5 Å². The number of piperidine rings is 1. The number of nitrogens with zero attached hydrogens (tertiary/aromatic N) is 2. The number of Topliss-reactive ketones (excluding diaryl/α,β-unsaturated/α-hetero) is 1. The molecule has 2 aromatic carbocycles. The number of carboxylic acid groups (broad SMARTS) is 4. The minimum absolute atomic E-state index is 0.0232. The van der Waals surface area contributed by atoms with Gasteiger partial charge in [0.15, 0.2) is 23.1 Å². The van der Waals surface area contributed by atoms with Crippen molar-refractivity contribution in [1.82, 2.24) is 15.3 Å². The molecular formula is C33H34ClFN4O11. The van der Waals surface area contributed by atoms with Crippen molar-refractivity contribution in [2.75, 3.05) is 19.0 Å². The molecule has 5 rings (SSSR count). The Morgan fingerprint density at radius 1 is 0.960 bits per heavy atom. The minimum atomic E-state index is -1.26. The summed E-state index contributed by atoms with van der Waals surface area (Å²) < 4.78 is 26.4. The fourth-order valence-electron chi connectivity index (χ4n) is 5.18. The van der Waals surface area contributed by atoms with Gasteiger partial charge in [0, 0.05) is 42.2 Å². The number of hydrogen-bond acceptors (Lipinski definition) is 11. The average molecular weight is 717 g/mol. The van der Waals surface area contributed by atoms with E-state index >= 15 is 0 Å². The van der Waals surface area contributed by atoms with Crippen LogP contribution in [-0.2, 0) is 24.0 Å². The van der Waals surface area contributed by atoms with E-state index in [0.717, 1.165) is 38.6 Å². The maximum atomic E-state index is 14.5. The normalized spacial score (nSPS) is 18.5. The van der Waals surface area contributed by atoms with Gasteiger partial charge in [-0.3, -0.25) is 4.79 Å². The van der Waals surface area contributed by atoms with E-state index in [-0.39, 0.29) is 16.8 Å². The van der Waals surface area contributed by atoms with E-state index < -0.39 is 35.2 Å². The molecule has 0 radical (unpaired) electrons. The molecular weight excluding hydrogens is 683 g/mol. The van der Waals surface area contributed by atoms with Gasteiger partial charge >= 0.3 is 23.9 Å². The van der Waals surface area contributed by atoms with Crippen LogP contribution in [0.2, 0.25) is 5.02 Å². The number of methoxy groups -OCH3 is 1. The number of rotatable bonds is 9. The fourth-order valence-corrected chi connectivity index (χ4v) is 5.35. The number of benzene rings is 2. The number of anilines is 2. The highest BCUT2D eigenvalue weighted by Gasteiger charge is 2.43. The van der Waals surface area contributed by atoms with Crippen LogP contribution in [0.1, 0.15) is 38.5 Å². The predicted molar refractivity (Wildman–Crippen MR) is 177 cm³/mol. The Kier molecular flexibility index (Phi) is 14.2. The van der Waals surface area contributed by atoms with E-state index in [0.29, 0.717) is 64.7 Å². The number of ether oxygens (including phenoxy) is 2. The van der Waals surface area contributed by atoms with Crippen molar-refractivity contribution in [3.63, 3.8) is 0 Å². The van der Waals surface area contributed by atoms with Crippen LogP contribution in [0.3, 0.4) is 0 Å². The summed E-state index contributed by atoms with van der Waals surface area (Å²) in [7, 11) is 1.58. The lowest BCUT2D eigenvalue weighted by Crippen LogP contribution is -2.58. The van der Waals surface area contributed by atoms with Crippen molar-refractivity contribution in [2.24, 2.45) is 0 Å². The van der Waals surface area contributed by atoms with Crippen LogP contribution in [-0.4, -0.2) is 85.4 Å². The largest absolute Gasteiger partial charge is 0.493 e. The number of aromatic nitrogens is 2. The van der Waals surface area contributed by atoms with Crippen molar-refractivity contribution in [1.29, 1.82) is 0 Å². The van der Waals surface area contributed by atoms with Crippen LogP contribution in [0.4, 0.5) is 15.9 Å². The summed E-state index contributed by atoms with van der Waals surface area (Å²) in [6, 6.07) is 8.34. The van der Waals surface area contributed by atoms with Crippen LogP contribution in [0.25, 0.3) is 10.9 Å². The molecule has 6 N–H and O–H groups in total. The second-order valence-corrected chi connectivity index (χ2v) is 11.2. The Morgan fingerprint density at radius 2 is 1.56 bits per heavy atom. The van der Waals surface area contributed by atoms with Gasteiger partial charge in [0.1, 0.15) is 12.1 Å². The number of nitrogens with one attached hydrogen (secondary N) is 2. The van der Waals surface area contributed by atoms with E-state index in [4.69, 9.17) is 41.5 Å². The molecule has 1 aliphatic heterocycles. The van der Waals surface area contributed by atoms with Gasteiger partial charge < -0.3 is 40.5 Å². The third kappa shape index (κ3) is 11.2. The van der Waals surface area contributed by atoms with Gasteiger partial charge in [-0.1, -0.05) is 17.7 Å². The molecule has 0 atom stereocenters. The lowest BCUT2D eigenvalue weighted by atomic mass is 9.74. The molecule has 0 unspecified atom stereocenters. The molecule has 1 aromatic heterocycles.